The molecular weight excluding hydrogens is 238 g/mol. The Balaban J connectivity index is 1.98. The Hall–Kier alpha value is -1.14. The van der Waals surface area contributed by atoms with Crippen LogP contribution in [-0.4, -0.2) is 36.2 Å². The van der Waals surface area contributed by atoms with Crippen LogP contribution in [0, 0.1) is 0 Å². The van der Waals surface area contributed by atoms with Gasteiger partial charge in [-0.3, -0.25) is 4.79 Å². The van der Waals surface area contributed by atoms with Crippen molar-refractivity contribution in [3.63, 3.8) is 0 Å². The average molecular weight is 255 g/mol. The molecule has 1 atom stereocenters. The first-order valence-corrected chi connectivity index (χ1v) is 6.60. The molecule has 5 nitrogen and oxygen atoms in total. The summed E-state index contributed by atoms with van der Waals surface area (Å²) in [6, 6.07) is 0. The Bertz CT molecular complexity index is 399. The molecule has 0 spiro atoms. The Morgan fingerprint density at radius 2 is 2.53 bits per heavy atom. The lowest BCUT2D eigenvalue weighted by Gasteiger charge is -2.22. The van der Waals surface area contributed by atoms with Gasteiger partial charge in [-0.1, -0.05) is 0 Å². The quantitative estimate of drug-likeness (QED) is 0.855. The maximum atomic E-state index is 12.0. The summed E-state index contributed by atoms with van der Waals surface area (Å²) >= 11 is 1.44. The number of hydrogen-bond donors (Lipinski definition) is 2. The number of carbonyl (C=O) groups is 1. The van der Waals surface area contributed by atoms with E-state index in [4.69, 9.17) is 4.74 Å². The van der Waals surface area contributed by atoms with Crippen molar-refractivity contribution in [1.82, 2.24) is 10.3 Å². The molecule has 1 amide bonds. The minimum absolute atomic E-state index is 0.126. The topological polar surface area (TPSA) is 63.2 Å². The highest BCUT2D eigenvalue weighted by Crippen LogP contribution is 2.20. The van der Waals surface area contributed by atoms with E-state index in [1.807, 2.05) is 13.8 Å². The van der Waals surface area contributed by atoms with Gasteiger partial charge < -0.3 is 15.4 Å². The van der Waals surface area contributed by atoms with Crippen LogP contribution < -0.4 is 10.6 Å². The Morgan fingerprint density at radius 3 is 3.18 bits per heavy atom. The van der Waals surface area contributed by atoms with Gasteiger partial charge in [0.15, 0.2) is 5.13 Å². The van der Waals surface area contributed by atoms with Gasteiger partial charge in [-0.15, -0.1) is 11.3 Å². The first-order valence-electron chi connectivity index (χ1n) is 5.72. The summed E-state index contributed by atoms with van der Waals surface area (Å²) in [7, 11) is 0. The zero-order chi connectivity index (χ0) is 12.3. The lowest BCUT2D eigenvalue weighted by Crippen LogP contribution is -2.46. The molecule has 1 aromatic rings. The molecular formula is C11H17N3O2S. The summed E-state index contributed by atoms with van der Waals surface area (Å²) < 4.78 is 5.30. The zero-order valence-corrected chi connectivity index (χ0v) is 10.9. The van der Waals surface area contributed by atoms with Crippen LogP contribution in [0.15, 0.2) is 5.38 Å². The second-order valence-corrected chi connectivity index (χ2v) is 5.24. The lowest BCUT2D eigenvalue weighted by molar-refractivity contribution is 0.0885. The normalized spacial score (nSPS) is 23.6. The van der Waals surface area contributed by atoms with E-state index in [0.29, 0.717) is 18.9 Å². The number of carbonyl (C=O) groups excluding carboxylic acids is 1. The summed E-state index contributed by atoms with van der Waals surface area (Å²) in [6.45, 7) is 6.08. The number of ether oxygens (including phenoxy) is 1. The summed E-state index contributed by atoms with van der Waals surface area (Å²) in [5.74, 6) is -0.126. The SMILES string of the molecule is CCNc1nc(C(=O)NC2(C)CCOC2)cs1. The number of thiazole rings is 1. The van der Waals surface area contributed by atoms with Gasteiger partial charge in [0.05, 0.1) is 12.1 Å². The van der Waals surface area contributed by atoms with Crippen LogP contribution in [0.1, 0.15) is 30.8 Å². The standard InChI is InChI=1S/C11H17N3O2S/c1-3-12-10-13-8(6-17-10)9(15)14-11(2)4-5-16-7-11/h6H,3-5,7H2,1-2H3,(H,12,13)(H,14,15). The van der Waals surface area contributed by atoms with Gasteiger partial charge in [0.2, 0.25) is 0 Å². The van der Waals surface area contributed by atoms with Gasteiger partial charge in [0, 0.05) is 18.5 Å². The summed E-state index contributed by atoms with van der Waals surface area (Å²) in [5.41, 5.74) is 0.220. The van der Waals surface area contributed by atoms with Crippen LogP contribution in [0.25, 0.3) is 0 Å². The van der Waals surface area contributed by atoms with E-state index < -0.39 is 0 Å². The van der Waals surface area contributed by atoms with Gasteiger partial charge >= 0.3 is 0 Å². The van der Waals surface area contributed by atoms with Crippen molar-refractivity contribution in [2.75, 3.05) is 25.1 Å². The Kier molecular flexibility index (Phi) is 3.63. The van der Waals surface area contributed by atoms with Crippen LogP contribution in [0.3, 0.4) is 0 Å². The molecule has 0 bridgehead atoms. The minimum Gasteiger partial charge on any atom is -0.379 e. The molecule has 17 heavy (non-hydrogen) atoms. The number of nitrogens with zero attached hydrogens (tertiary/aromatic N) is 1. The van der Waals surface area contributed by atoms with Gasteiger partial charge in [0.25, 0.3) is 5.91 Å². The minimum atomic E-state index is -0.251. The molecule has 0 aliphatic carbocycles. The van der Waals surface area contributed by atoms with Crippen molar-refractivity contribution in [1.29, 1.82) is 0 Å². The van der Waals surface area contributed by atoms with E-state index in [-0.39, 0.29) is 11.4 Å². The molecule has 1 saturated heterocycles. The van der Waals surface area contributed by atoms with Gasteiger partial charge in [-0.2, -0.15) is 0 Å². The van der Waals surface area contributed by atoms with Crippen molar-refractivity contribution in [3.8, 4) is 0 Å². The van der Waals surface area contributed by atoms with Crippen LogP contribution in [0.4, 0.5) is 5.13 Å². The van der Waals surface area contributed by atoms with Crippen molar-refractivity contribution in [2.24, 2.45) is 0 Å². The maximum absolute atomic E-state index is 12.0. The first kappa shape index (κ1) is 12.3. The van der Waals surface area contributed by atoms with E-state index in [2.05, 4.69) is 15.6 Å². The fourth-order valence-corrected chi connectivity index (χ4v) is 2.48. The molecule has 1 aromatic heterocycles. The molecule has 2 rings (SSSR count). The smallest absolute Gasteiger partial charge is 0.271 e. The molecule has 0 radical (unpaired) electrons. The average Bonchev–Trinajstić information content (AvgIpc) is 2.88. The fraction of sp³-hybridized carbons (Fsp3) is 0.636. The van der Waals surface area contributed by atoms with Gasteiger partial charge in [-0.05, 0) is 20.3 Å². The lowest BCUT2D eigenvalue weighted by atomic mass is 10.0. The van der Waals surface area contributed by atoms with E-state index in [0.717, 1.165) is 18.1 Å². The number of aromatic nitrogens is 1. The van der Waals surface area contributed by atoms with E-state index in [9.17, 15) is 4.79 Å². The highest BCUT2D eigenvalue weighted by atomic mass is 32.1. The molecule has 1 aliphatic rings. The van der Waals surface area contributed by atoms with Crippen LogP contribution in [0.5, 0.6) is 0 Å². The molecule has 94 valence electrons. The highest BCUT2D eigenvalue weighted by molar-refractivity contribution is 7.13. The predicted octanol–water partition coefficient (Wildman–Crippen LogP) is 1.48. The molecule has 1 aliphatic heterocycles. The maximum Gasteiger partial charge on any atom is 0.271 e. The van der Waals surface area contributed by atoms with Gasteiger partial charge in [0.1, 0.15) is 5.69 Å². The van der Waals surface area contributed by atoms with E-state index in [1.165, 1.54) is 11.3 Å². The number of hydrogen-bond acceptors (Lipinski definition) is 5. The monoisotopic (exact) mass is 255 g/mol. The molecule has 2 N–H and O–H groups in total. The van der Waals surface area contributed by atoms with Crippen molar-refractivity contribution in [3.05, 3.63) is 11.1 Å². The first-order chi connectivity index (χ1) is 8.13. The number of nitrogens with one attached hydrogen (secondary N) is 2. The Labute approximate surface area is 105 Å². The molecule has 1 unspecified atom stereocenters. The van der Waals surface area contributed by atoms with E-state index in [1.54, 1.807) is 5.38 Å². The summed E-state index contributed by atoms with van der Waals surface area (Å²) in [4.78, 5) is 16.2. The fourth-order valence-electron chi connectivity index (χ4n) is 1.71. The van der Waals surface area contributed by atoms with Crippen molar-refractivity contribution >= 4 is 22.4 Å². The zero-order valence-electron chi connectivity index (χ0n) is 10.1. The molecule has 0 aromatic carbocycles. The molecule has 0 saturated carbocycles. The second kappa shape index (κ2) is 5.01. The largest absolute Gasteiger partial charge is 0.379 e. The number of amides is 1. The van der Waals surface area contributed by atoms with Crippen LogP contribution in [0.2, 0.25) is 0 Å². The third-order valence-corrected chi connectivity index (χ3v) is 3.50. The second-order valence-electron chi connectivity index (χ2n) is 4.39. The molecule has 1 fully saturated rings. The third-order valence-electron chi connectivity index (χ3n) is 2.70. The molecule has 6 heteroatoms. The van der Waals surface area contributed by atoms with Crippen LogP contribution >= 0.6 is 11.3 Å². The Morgan fingerprint density at radius 1 is 1.71 bits per heavy atom. The van der Waals surface area contributed by atoms with Crippen LogP contribution in [-0.2, 0) is 4.74 Å². The van der Waals surface area contributed by atoms with E-state index >= 15 is 0 Å². The third kappa shape index (κ3) is 2.95. The van der Waals surface area contributed by atoms with Gasteiger partial charge in [-0.25, -0.2) is 4.98 Å². The number of rotatable bonds is 4. The number of anilines is 1. The molecule has 2 heterocycles. The van der Waals surface area contributed by atoms with Crippen molar-refractivity contribution in [2.45, 2.75) is 25.8 Å². The van der Waals surface area contributed by atoms with Crippen molar-refractivity contribution < 1.29 is 9.53 Å². The summed E-state index contributed by atoms with van der Waals surface area (Å²) in [5, 5.41) is 8.62. The predicted molar refractivity (Wildman–Crippen MR) is 67.6 cm³/mol. The highest BCUT2D eigenvalue weighted by Gasteiger charge is 2.32. The summed E-state index contributed by atoms with van der Waals surface area (Å²) in [6.07, 6.45) is 0.850.